The van der Waals surface area contributed by atoms with Gasteiger partial charge in [-0.1, -0.05) is 19.8 Å². The first-order chi connectivity index (χ1) is 13.1. The Labute approximate surface area is 163 Å². The van der Waals surface area contributed by atoms with E-state index in [1.165, 1.54) is 36.3 Å². The second-order valence-electron chi connectivity index (χ2n) is 7.79. The van der Waals surface area contributed by atoms with Crippen molar-refractivity contribution in [2.24, 2.45) is 11.8 Å². The third-order valence-corrected chi connectivity index (χ3v) is 5.60. The zero-order chi connectivity index (χ0) is 19.5. The number of hydrogen-bond donors (Lipinski definition) is 2. The number of amides is 3. The molecule has 1 fully saturated rings. The normalized spacial score (nSPS) is 22.5. The molecule has 0 spiro atoms. The second-order valence-corrected chi connectivity index (χ2v) is 7.79. The lowest BCUT2D eigenvalue weighted by Gasteiger charge is -2.30. The molecule has 6 heteroatoms. The van der Waals surface area contributed by atoms with Crippen LogP contribution in [0.25, 0.3) is 0 Å². The fourth-order valence-electron chi connectivity index (χ4n) is 3.83. The van der Waals surface area contributed by atoms with Gasteiger partial charge in [0.25, 0.3) is 11.8 Å². The van der Waals surface area contributed by atoms with Crippen LogP contribution in [0.5, 0.6) is 0 Å². The number of rotatable bonds is 12. The highest BCUT2D eigenvalue weighted by Gasteiger charge is 2.31. The van der Waals surface area contributed by atoms with E-state index in [1.807, 2.05) is 0 Å². The summed E-state index contributed by atoms with van der Waals surface area (Å²) < 4.78 is 0. The summed E-state index contributed by atoms with van der Waals surface area (Å²) in [5.74, 6) is 0.149. The van der Waals surface area contributed by atoms with Gasteiger partial charge in [0, 0.05) is 31.2 Å². The van der Waals surface area contributed by atoms with Gasteiger partial charge in [0.2, 0.25) is 5.91 Å². The lowest BCUT2D eigenvalue weighted by atomic mass is 9.81. The fraction of sp³-hybridized carbons (Fsp3) is 0.762. The Balaban J connectivity index is 1.51. The zero-order valence-corrected chi connectivity index (χ0v) is 16.7. The summed E-state index contributed by atoms with van der Waals surface area (Å²) in [6.45, 7) is 5.56. The maximum Gasteiger partial charge on any atom is 0.253 e. The minimum atomic E-state index is -0.209. The summed E-state index contributed by atoms with van der Waals surface area (Å²) >= 11 is 0. The van der Waals surface area contributed by atoms with Crippen molar-refractivity contribution < 1.29 is 14.4 Å². The first kappa shape index (κ1) is 21.6. The number of hydrogen-bond acceptors (Lipinski definition) is 4. The minimum absolute atomic E-state index is 0.0801. The Kier molecular flexibility index (Phi) is 9.53. The first-order valence-electron chi connectivity index (χ1n) is 10.6. The first-order valence-corrected chi connectivity index (χ1v) is 10.6. The van der Waals surface area contributed by atoms with Crippen LogP contribution in [0.1, 0.15) is 64.7 Å². The maximum absolute atomic E-state index is 12.3. The summed E-state index contributed by atoms with van der Waals surface area (Å²) in [4.78, 5) is 36.9. The predicted molar refractivity (Wildman–Crippen MR) is 106 cm³/mol. The highest BCUT2D eigenvalue weighted by molar-refractivity contribution is 6.12. The van der Waals surface area contributed by atoms with Gasteiger partial charge in [0.1, 0.15) is 0 Å². The van der Waals surface area contributed by atoms with Crippen molar-refractivity contribution in [1.82, 2.24) is 15.5 Å². The van der Waals surface area contributed by atoms with Crippen LogP contribution in [-0.2, 0) is 14.4 Å². The van der Waals surface area contributed by atoms with Gasteiger partial charge in [-0.05, 0) is 64.0 Å². The molecule has 0 aromatic carbocycles. The van der Waals surface area contributed by atoms with Crippen LogP contribution >= 0.6 is 0 Å². The van der Waals surface area contributed by atoms with Crippen molar-refractivity contribution in [1.29, 1.82) is 0 Å². The number of nitrogens with zero attached hydrogens (tertiary/aromatic N) is 1. The summed E-state index contributed by atoms with van der Waals surface area (Å²) in [6.07, 6.45) is 12.0. The Morgan fingerprint density at radius 3 is 2.19 bits per heavy atom. The lowest BCUT2D eigenvalue weighted by Crippen LogP contribution is -2.38. The molecule has 0 unspecified atom stereocenters. The van der Waals surface area contributed by atoms with Crippen molar-refractivity contribution in [3.8, 4) is 0 Å². The van der Waals surface area contributed by atoms with Gasteiger partial charge in [0.15, 0.2) is 0 Å². The third kappa shape index (κ3) is 7.45. The van der Waals surface area contributed by atoms with Gasteiger partial charge >= 0.3 is 0 Å². The van der Waals surface area contributed by atoms with Crippen molar-refractivity contribution >= 4 is 17.7 Å². The molecule has 1 aliphatic carbocycles. The number of unbranched alkanes of at least 4 members (excludes halogenated alkanes) is 3. The molecule has 2 rings (SSSR count). The molecule has 3 amide bonds. The molecule has 0 aromatic heterocycles. The predicted octanol–water partition coefficient (Wildman–Crippen LogP) is 2.39. The number of carbonyl (C=O) groups is 3. The molecular formula is C21H35N3O3. The van der Waals surface area contributed by atoms with Crippen LogP contribution in [0.3, 0.4) is 0 Å². The Bertz CT molecular complexity index is 507. The molecule has 0 bridgehead atoms. The van der Waals surface area contributed by atoms with Crippen LogP contribution in [-0.4, -0.2) is 48.8 Å². The van der Waals surface area contributed by atoms with E-state index < -0.39 is 0 Å². The van der Waals surface area contributed by atoms with Gasteiger partial charge < -0.3 is 10.6 Å². The van der Waals surface area contributed by atoms with Crippen LogP contribution in [0, 0.1) is 11.8 Å². The molecule has 2 aliphatic rings. The zero-order valence-electron chi connectivity index (χ0n) is 16.7. The standard InChI is InChI=1S/C21H35N3O3/c1-2-3-4-13-22-14-5-6-15-23-21(27)18-9-7-17(8-10-18)16-24-19(25)11-12-20(24)26/h11-12,17-18,22H,2-10,13-16H2,1H3,(H,23,27). The molecule has 1 saturated carbocycles. The van der Waals surface area contributed by atoms with Gasteiger partial charge in [-0.15, -0.1) is 0 Å². The van der Waals surface area contributed by atoms with E-state index in [0.29, 0.717) is 12.5 Å². The molecule has 6 nitrogen and oxygen atoms in total. The largest absolute Gasteiger partial charge is 0.356 e. The van der Waals surface area contributed by atoms with E-state index in [1.54, 1.807) is 0 Å². The van der Waals surface area contributed by atoms with E-state index in [4.69, 9.17) is 0 Å². The van der Waals surface area contributed by atoms with Crippen molar-refractivity contribution in [2.45, 2.75) is 64.7 Å². The average Bonchev–Trinajstić information content (AvgIpc) is 2.99. The Morgan fingerprint density at radius 2 is 1.56 bits per heavy atom. The maximum atomic E-state index is 12.3. The summed E-state index contributed by atoms with van der Waals surface area (Å²) in [5.41, 5.74) is 0. The van der Waals surface area contributed by atoms with Crippen LogP contribution < -0.4 is 10.6 Å². The van der Waals surface area contributed by atoms with Crippen molar-refractivity contribution in [3.05, 3.63) is 12.2 Å². The Hall–Kier alpha value is -1.69. The number of imide groups is 1. The molecule has 27 heavy (non-hydrogen) atoms. The van der Waals surface area contributed by atoms with E-state index in [-0.39, 0.29) is 23.6 Å². The summed E-state index contributed by atoms with van der Waals surface area (Å²) in [6, 6.07) is 0. The molecule has 0 saturated heterocycles. The lowest BCUT2D eigenvalue weighted by molar-refractivity contribution is -0.138. The fourth-order valence-corrected chi connectivity index (χ4v) is 3.83. The van der Waals surface area contributed by atoms with Gasteiger partial charge in [0.05, 0.1) is 0 Å². The highest BCUT2D eigenvalue weighted by Crippen LogP contribution is 2.30. The van der Waals surface area contributed by atoms with Crippen molar-refractivity contribution in [3.63, 3.8) is 0 Å². The molecule has 0 atom stereocenters. The van der Waals surface area contributed by atoms with Crippen molar-refractivity contribution in [2.75, 3.05) is 26.2 Å². The van der Waals surface area contributed by atoms with Gasteiger partial charge in [-0.2, -0.15) is 0 Å². The molecular weight excluding hydrogens is 342 g/mol. The summed E-state index contributed by atoms with van der Waals surface area (Å²) in [7, 11) is 0. The SMILES string of the molecule is CCCCCNCCCCNC(=O)C1CCC(CN2C(=O)C=CC2=O)CC1. The highest BCUT2D eigenvalue weighted by atomic mass is 16.2. The van der Waals surface area contributed by atoms with Gasteiger partial charge in [-0.25, -0.2) is 0 Å². The van der Waals surface area contributed by atoms with Crippen LogP contribution in [0.15, 0.2) is 12.2 Å². The van der Waals surface area contributed by atoms with E-state index in [9.17, 15) is 14.4 Å². The molecule has 0 aromatic rings. The third-order valence-electron chi connectivity index (χ3n) is 5.60. The topological polar surface area (TPSA) is 78.5 Å². The second kappa shape index (κ2) is 11.9. The summed E-state index contributed by atoms with van der Waals surface area (Å²) in [5, 5.41) is 6.51. The molecule has 1 aliphatic heterocycles. The Morgan fingerprint density at radius 1 is 0.963 bits per heavy atom. The number of nitrogens with one attached hydrogen (secondary N) is 2. The molecule has 152 valence electrons. The quantitative estimate of drug-likeness (QED) is 0.404. The van der Waals surface area contributed by atoms with Crippen LogP contribution in [0.2, 0.25) is 0 Å². The molecule has 0 radical (unpaired) electrons. The average molecular weight is 378 g/mol. The number of carbonyl (C=O) groups excluding carboxylic acids is 3. The minimum Gasteiger partial charge on any atom is -0.356 e. The van der Waals surface area contributed by atoms with E-state index in [0.717, 1.165) is 58.2 Å². The van der Waals surface area contributed by atoms with Gasteiger partial charge in [-0.3, -0.25) is 19.3 Å². The monoisotopic (exact) mass is 377 g/mol. The van der Waals surface area contributed by atoms with Crippen LogP contribution in [0.4, 0.5) is 0 Å². The van der Waals surface area contributed by atoms with E-state index in [2.05, 4.69) is 17.6 Å². The molecule has 2 N–H and O–H groups in total. The smallest absolute Gasteiger partial charge is 0.253 e. The van der Waals surface area contributed by atoms with E-state index >= 15 is 0 Å². The molecule has 1 heterocycles.